The molecule has 0 saturated heterocycles. The van der Waals surface area contributed by atoms with Gasteiger partial charge in [-0.2, -0.15) is 5.10 Å². The molecular formula is C18H23N3O6. The molecule has 0 fully saturated rings. The minimum atomic E-state index is -1.22. The fraction of sp³-hybridized carbons (Fsp3) is 0.389. The molecule has 0 aliphatic heterocycles. The molecule has 0 atom stereocenters. The van der Waals surface area contributed by atoms with E-state index in [1.54, 1.807) is 0 Å². The highest BCUT2D eigenvalue weighted by Crippen LogP contribution is 2.17. The molecule has 1 aromatic heterocycles. The standard InChI is InChI=1S/C18H23N3O6/c1-3-25-15(26-4-2)11-21-16(14(10-19-21)17(22)23)20-18(24)27-12-13-8-6-5-7-9-13/h5-10,15H,3-4,11-12H2,1-2H3,(H,20,24)(H,22,23). The number of aromatic nitrogens is 2. The van der Waals surface area contributed by atoms with Gasteiger partial charge in [-0.25, -0.2) is 14.3 Å². The maximum Gasteiger partial charge on any atom is 0.413 e. The molecular weight excluding hydrogens is 354 g/mol. The van der Waals surface area contributed by atoms with Crippen molar-refractivity contribution in [3.8, 4) is 0 Å². The third kappa shape index (κ3) is 6.08. The Labute approximate surface area is 156 Å². The molecule has 27 heavy (non-hydrogen) atoms. The number of carbonyl (C=O) groups excluding carboxylic acids is 1. The number of hydrogen-bond donors (Lipinski definition) is 2. The lowest BCUT2D eigenvalue weighted by molar-refractivity contribution is -0.144. The van der Waals surface area contributed by atoms with Crippen molar-refractivity contribution in [3.63, 3.8) is 0 Å². The van der Waals surface area contributed by atoms with E-state index >= 15 is 0 Å². The molecule has 9 heteroatoms. The Hall–Kier alpha value is -2.91. The van der Waals surface area contributed by atoms with Gasteiger partial charge in [0.25, 0.3) is 0 Å². The van der Waals surface area contributed by atoms with Crippen LogP contribution in [0.2, 0.25) is 0 Å². The van der Waals surface area contributed by atoms with Crippen LogP contribution in [-0.4, -0.2) is 46.5 Å². The van der Waals surface area contributed by atoms with Crippen LogP contribution in [0.15, 0.2) is 36.5 Å². The average molecular weight is 377 g/mol. The molecule has 1 amide bonds. The first-order chi connectivity index (χ1) is 13.0. The van der Waals surface area contributed by atoms with Crippen LogP contribution in [0.5, 0.6) is 0 Å². The van der Waals surface area contributed by atoms with Crippen LogP contribution < -0.4 is 5.32 Å². The van der Waals surface area contributed by atoms with Gasteiger partial charge in [0.05, 0.1) is 12.7 Å². The van der Waals surface area contributed by atoms with Gasteiger partial charge in [0.1, 0.15) is 18.0 Å². The smallest absolute Gasteiger partial charge is 0.413 e. The first kappa shape index (κ1) is 20.4. The van der Waals surface area contributed by atoms with E-state index in [9.17, 15) is 14.7 Å². The highest BCUT2D eigenvalue weighted by molar-refractivity contribution is 5.97. The summed E-state index contributed by atoms with van der Waals surface area (Å²) in [4.78, 5) is 23.5. The average Bonchev–Trinajstić information content (AvgIpc) is 3.04. The molecule has 0 spiro atoms. The lowest BCUT2D eigenvalue weighted by Crippen LogP contribution is -2.26. The third-order valence-corrected chi connectivity index (χ3v) is 3.53. The summed E-state index contributed by atoms with van der Waals surface area (Å²) in [5.41, 5.74) is 0.658. The van der Waals surface area contributed by atoms with E-state index in [0.29, 0.717) is 13.2 Å². The third-order valence-electron chi connectivity index (χ3n) is 3.53. The highest BCUT2D eigenvalue weighted by Gasteiger charge is 2.22. The van der Waals surface area contributed by atoms with E-state index in [1.807, 2.05) is 44.2 Å². The SMILES string of the molecule is CCOC(Cn1ncc(C(=O)O)c1NC(=O)OCc1ccccc1)OCC. The number of anilines is 1. The number of amides is 1. The molecule has 0 aliphatic rings. The number of rotatable bonds is 10. The Morgan fingerprint density at radius 3 is 2.44 bits per heavy atom. The van der Waals surface area contributed by atoms with Crippen LogP contribution in [-0.2, 0) is 27.4 Å². The van der Waals surface area contributed by atoms with Crippen molar-refractivity contribution < 1.29 is 28.9 Å². The van der Waals surface area contributed by atoms with Crippen molar-refractivity contribution >= 4 is 17.9 Å². The number of benzene rings is 1. The van der Waals surface area contributed by atoms with Crippen LogP contribution in [0, 0.1) is 0 Å². The van der Waals surface area contributed by atoms with Gasteiger partial charge in [0.2, 0.25) is 0 Å². The number of aromatic carboxylic acids is 1. The predicted molar refractivity (Wildman–Crippen MR) is 96.5 cm³/mol. The Morgan fingerprint density at radius 1 is 1.19 bits per heavy atom. The lowest BCUT2D eigenvalue weighted by Gasteiger charge is -2.18. The summed E-state index contributed by atoms with van der Waals surface area (Å²) in [5, 5.41) is 15.8. The quantitative estimate of drug-likeness (QED) is 0.612. The van der Waals surface area contributed by atoms with E-state index in [2.05, 4.69) is 10.4 Å². The lowest BCUT2D eigenvalue weighted by atomic mass is 10.2. The predicted octanol–water partition coefficient (Wildman–Crippen LogP) is 2.73. The molecule has 2 N–H and O–H groups in total. The Kier molecular flexibility index (Phi) is 7.78. The summed E-state index contributed by atoms with van der Waals surface area (Å²) >= 11 is 0. The van der Waals surface area contributed by atoms with Gasteiger partial charge in [0, 0.05) is 13.2 Å². The highest BCUT2D eigenvalue weighted by atomic mass is 16.7. The molecule has 2 rings (SSSR count). The summed E-state index contributed by atoms with van der Waals surface area (Å²) in [6.45, 7) is 4.64. The minimum absolute atomic E-state index is 0.00460. The molecule has 0 bridgehead atoms. The van der Waals surface area contributed by atoms with Crippen LogP contribution in [0.3, 0.4) is 0 Å². The maximum absolute atomic E-state index is 12.1. The molecule has 0 saturated carbocycles. The largest absolute Gasteiger partial charge is 0.477 e. The maximum atomic E-state index is 12.1. The molecule has 0 radical (unpaired) electrons. The first-order valence-electron chi connectivity index (χ1n) is 8.55. The van der Waals surface area contributed by atoms with E-state index in [-0.39, 0.29) is 24.5 Å². The molecule has 146 valence electrons. The molecule has 0 aliphatic carbocycles. The van der Waals surface area contributed by atoms with E-state index in [0.717, 1.165) is 11.8 Å². The Bertz CT molecular complexity index is 741. The van der Waals surface area contributed by atoms with Crippen LogP contribution >= 0.6 is 0 Å². The van der Waals surface area contributed by atoms with Crippen molar-refractivity contribution in [2.75, 3.05) is 18.5 Å². The number of carbonyl (C=O) groups is 2. The second-order valence-electron chi connectivity index (χ2n) is 5.42. The van der Waals surface area contributed by atoms with E-state index in [1.165, 1.54) is 4.68 Å². The summed E-state index contributed by atoms with van der Waals surface area (Å²) in [5.74, 6) is -1.21. The second-order valence-corrected chi connectivity index (χ2v) is 5.42. The molecule has 1 heterocycles. The Morgan fingerprint density at radius 2 is 1.85 bits per heavy atom. The number of ether oxygens (including phenoxy) is 3. The van der Waals surface area contributed by atoms with E-state index in [4.69, 9.17) is 14.2 Å². The van der Waals surface area contributed by atoms with Crippen molar-refractivity contribution in [2.24, 2.45) is 0 Å². The number of hydrogen-bond acceptors (Lipinski definition) is 6. The molecule has 9 nitrogen and oxygen atoms in total. The fourth-order valence-corrected chi connectivity index (χ4v) is 2.33. The molecule has 0 unspecified atom stereocenters. The van der Waals surface area contributed by atoms with Crippen molar-refractivity contribution in [2.45, 2.75) is 33.3 Å². The monoisotopic (exact) mass is 377 g/mol. The topological polar surface area (TPSA) is 112 Å². The number of nitrogens with zero attached hydrogens (tertiary/aromatic N) is 2. The van der Waals surface area contributed by atoms with Gasteiger partial charge in [0.15, 0.2) is 6.29 Å². The van der Waals surface area contributed by atoms with Gasteiger partial charge in [-0.1, -0.05) is 30.3 Å². The fourth-order valence-electron chi connectivity index (χ4n) is 2.33. The summed E-state index contributed by atoms with van der Waals surface area (Å²) in [7, 11) is 0. The number of carboxylic acids is 1. The van der Waals surface area contributed by atoms with Gasteiger partial charge in [-0.05, 0) is 19.4 Å². The van der Waals surface area contributed by atoms with Crippen LogP contribution in [0.25, 0.3) is 0 Å². The second kappa shape index (κ2) is 10.3. The zero-order valence-corrected chi connectivity index (χ0v) is 15.3. The van der Waals surface area contributed by atoms with Crippen molar-refractivity contribution in [3.05, 3.63) is 47.7 Å². The first-order valence-corrected chi connectivity index (χ1v) is 8.55. The van der Waals surface area contributed by atoms with Gasteiger partial charge >= 0.3 is 12.1 Å². The normalized spacial score (nSPS) is 10.8. The minimum Gasteiger partial charge on any atom is -0.477 e. The van der Waals surface area contributed by atoms with Crippen molar-refractivity contribution in [1.29, 1.82) is 0 Å². The number of carboxylic acid groups (broad SMARTS) is 1. The van der Waals surface area contributed by atoms with Gasteiger partial charge in [-0.15, -0.1) is 0 Å². The summed E-state index contributed by atoms with van der Waals surface area (Å²) < 4.78 is 17.3. The number of nitrogens with one attached hydrogen (secondary N) is 1. The Balaban J connectivity index is 2.09. The summed E-state index contributed by atoms with van der Waals surface area (Å²) in [6, 6.07) is 9.14. The van der Waals surface area contributed by atoms with Gasteiger partial charge in [-0.3, -0.25) is 5.32 Å². The summed E-state index contributed by atoms with van der Waals surface area (Å²) in [6.07, 6.45) is -0.251. The van der Waals surface area contributed by atoms with Gasteiger partial charge < -0.3 is 19.3 Å². The van der Waals surface area contributed by atoms with Crippen LogP contribution in [0.1, 0.15) is 29.8 Å². The van der Waals surface area contributed by atoms with Crippen molar-refractivity contribution in [1.82, 2.24) is 9.78 Å². The zero-order chi connectivity index (χ0) is 19.6. The van der Waals surface area contributed by atoms with E-state index < -0.39 is 18.4 Å². The molecule has 2 aromatic rings. The molecule has 1 aromatic carbocycles. The van der Waals surface area contributed by atoms with Crippen LogP contribution in [0.4, 0.5) is 10.6 Å². The zero-order valence-electron chi connectivity index (χ0n) is 15.3.